The van der Waals surface area contributed by atoms with Gasteiger partial charge in [0.2, 0.25) is 0 Å². The van der Waals surface area contributed by atoms with Crippen molar-refractivity contribution in [3.63, 3.8) is 0 Å². The normalized spacial score (nSPS) is 16.5. The third kappa shape index (κ3) is 4.88. The van der Waals surface area contributed by atoms with Gasteiger partial charge in [-0.05, 0) is 37.5 Å². The average molecular weight is 316 g/mol. The Hall–Kier alpha value is -0.750. The molecule has 1 aliphatic rings. The fourth-order valence-electron chi connectivity index (χ4n) is 3.20. The summed E-state index contributed by atoms with van der Waals surface area (Å²) in [4.78, 5) is 11.1. The average Bonchev–Trinajstić information content (AvgIpc) is 2.47. The number of carbonyl (C=O) groups is 1. The summed E-state index contributed by atoms with van der Waals surface area (Å²) in [6.45, 7) is 2.55. The maximum atomic E-state index is 11.1. The van der Waals surface area contributed by atoms with Gasteiger partial charge in [-0.25, -0.2) is 0 Å². The first-order chi connectivity index (χ1) is 10.1. The maximum absolute atomic E-state index is 11.1. The molecule has 0 unspecified atom stereocenters. The number of carbonyl (C=O) groups excluding carboxylic acids is 1. The van der Waals surface area contributed by atoms with Crippen LogP contribution in [0.25, 0.3) is 0 Å². The summed E-state index contributed by atoms with van der Waals surface area (Å²) >= 11 is 0. The van der Waals surface area contributed by atoms with Crippen molar-refractivity contribution in [2.24, 2.45) is 0 Å². The Bertz CT molecular complexity index is 501. The molecule has 6 heteroatoms. The molecule has 1 heterocycles. The quantitative estimate of drug-likeness (QED) is 0.448. The summed E-state index contributed by atoms with van der Waals surface area (Å²) in [5.74, 6) is 0.391. The molecular formula is C16H23NNaO4+. The second-order valence-corrected chi connectivity index (χ2v) is 5.73. The molecule has 1 fully saturated rings. The van der Waals surface area contributed by atoms with Gasteiger partial charge in [0.25, 0.3) is 0 Å². The van der Waals surface area contributed by atoms with Gasteiger partial charge in [-0.15, -0.1) is 0 Å². The number of methoxy groups -OCH3 is 2. The SMILES string of the molecule is COc1ccc(C[N+]2(CC(=O)[O-])CCCCC2)cc1OC.[Na+]. The maximum Gasteiger partial charge on any atom is 1.00 e. The Morgan fingerprint density at radius 1 is 1.14 bits per heavy atom. The minimum atomic E-state index is -0.975. The monoisotopic (exact) mass is 316 g/mol. The first-order valence-corrected chi connectivity index (χ1v) is 7.34. The number of piperidine rings is 1. The van der Waals surface area contributed by atoms with Gasteiger partial charge in [-0.1, -0.05) is 0 Å². The van der Waals surface area contributed by atoms with Crippen molar-refractivity contribution in [3.8, 4) is 11.5 Å². The molecule has 0 saturated carbocycles. The number of hydrogen-bond donors (Lipinski definition) is 0. The minimum Gasteiger partial charge on any atom is -0.544 e. The number of likely N-dealkylation sites (tertiary alicyclic amines) is 1. The van der Waals surface area contributed by atoms with Crippen molar-refractivity contribution >= 4 is 5.97 Å². The molecule has 0 spiro atoms. The van der Waals surface area contributed by atoms with Gasteiger partial charge < -0.3 is 23.9 Å². The number of ether oxygens (including phenoxy) is 2. The van der Waals surface area contributed by atoms with Crippen LogP contribution < -0.4 is 44.1 Å². The van der Waals surface area contributed by atoms with Crippen molar-refractivity contribution < 1.29 is 53.4 Å². The minimum absolute atomic E-state index is 0. The van der Waals surface area contributed by atoms with E-state index in [9.17, 15) is 9.90 Å². The van der Waals surface area contributed by atoms with Crippen LogP contribution in [0.3, 0.4) is 0 Å². The van der Waals surface area contributed by atoms with Crippen molar-refractivity contribution in [1.29, 1.82) is 0 Å². The molecule has 22 heavy (non-hydrogen) atoms. The number of carboxylic acid groups (broad SMARTS) is 1. The molecule has 1 aromatic carbocycles. The van der Waals surface area contributed by atoms with Crippen LogP contribution in [0.4, 0.5) is 0 Å². The summed E-state index contributed by atoms with van der Waals surface area (Å²) < 4.78 is 11.1. The van der Waals surface area contributed by atoms with E-state index in [1.807, 2.05) is 18.2 Å². The summed E-state index contributed by atoms with van der Waals surface area (Å²) in [6.07, 6.45) is 3.32. The van der Waals surface area contributed by atoms with Crippen molar-refractivity contribution in [1.82, 2.24) is 0 Å². The standard InChI is InChI=1S/C16H23NO4.Na/c1-20-14-7-6-13(10-15(14)21-2)11-17(12-16(18)19)8-4-3-5-9-17;/h6-7,10H,3-5,8-9,11-12H2,1-2H3;/q;+1. The molecule has 1 aliphatic heterocycles. The predicted octanol–water partition coefficient (Wildman–Crippen LogP) is -2.04. The van der Waals surface area contributed by atoms with Crippen molar-refractivity contribution in [2.45, 2.75) is 25.8 Å². The molecule has 1 aromatic rings. The largest absolute Gasteiger partial charge is 1.00 e. The smallest absolute Gasteiger partial charge is 0.544 e. The zero-order valence-electron chi connectivity index (χ0n) is 13.8. The molecular weight excluding hydrogens is 293 g/mol. The second kappa shape index (κ2) is 8.77. The topological polar surface area (TPSA) is 58.6 Å². The Labute approximate surface area is 154 Å². The summed E-state index contributed by atoms with van der Waals surface area (Å²) in [7, 11) is 3.21. The van der Waals surface area contributed by atoms with Crippen LogP contribution in [0.2, 0.25) is 0 Å². The molecule has 0 atom stereocenters. The van der Waals surface area contributed by atoms with Crippen LogP contribution in [0, 0.1) is 0 Å². The zero-order chi connectivity index (χ0) is 15.3. The summed E-state index contributed by atoms with van der Waals surface area (Å²) in [6, 6.07) is 5.78. The molecule has 0 amide bonds. The molecule has 0 N–H and O–H groups in total. The molecule has 0 radical (unpaired) electrons. The van der Waals surface area contributed by atoms with E-state index in [0.29, 0.717) is 22.5 Å². The number of nitrogens with zero attached hydrogens (tertiary/aromatic N) is 1. The third-order valence-electron chi connectivity index (χ3n) is 4.20. The Morgan fingerprint density at radius 2 is 1.77 bits per heavy atom. The molecule has 116 valence electrons. The van der Waals surface area contributed by atoms with E-state index in [2.05, 4.69) is 0 Å². The fourth-order valence-corrected chi connectivity index (χ4v) is 3.20. The number of hydrogen-bond acceptors (Lipinski definition) is 4. The van der Waals surface area contributed by atoms with Gasteiger partial charge in [0.15, 0.2) is 11.5 Å². The number of rotatable bonds is 6. The first kappa shape index (κ1) is 19.3. The van der Waals surface area contributed by atoms with Gasteiger partial charge in [-0.2, -0.15) is 0 Å². The number of benzene rings is 1. The fraction of sp³-hybridized carbons (Fsp3) is 0.562. The number of aliphatic carboxylic acids is 1. The Balaban J connectivity index is 0.00000242. The first-order valence-electron chi connectivity index (χ1n) is 7.34. The van der Waals surface area contributed by atoms with E-state index < -0.39 is 5.97 Å². The molecule has 0 aliphatic carbocycles. The third-order valence-corrected chi connectivity index (χ3v) is 4.20. The van der Waals surface area contributed by atoms with Crippen molar-refractivity contribution in [2.75, 3.05) is 33.9 Å². The van der Waals surface area contributed by atoms with Gasteiger partial charge in [-0.3, -0.25) is 0 Å². The van der Waals surface area contributed by atoms with Gasteiger partial charge in [0.1, 0.15) is 13.1 Å². The molecule has 5 nitrogen and oxygen atoms in total. The van der Waals surface area contributed by atoms with E-state index in [1.165, 1.54) is 6.42 Å². The zero-order valence-corrected chi connectivity index (χ0v) is 15.8. The van der Waals surface area contributed by atoms with Gasteiger partial charge in [0, 0.05) is 5.56 Å². The van der Waals surface area contributed by atoms with Crippen molar-refractivity contribution in [3.05, 3.63) is 23.8 Å². The van der Waals surface area contributed by atoms with E-state index >= 15 is 0 Å². The van der Waals surface area contributed by atoms with E-state index in [1.54, 1.807) is 14.2 Å². The van der Waals surface area contributed by atoms with Crippen LogP contribution in [0.15, 0.2) is 18.2 Å². The Kier molecular flexibility index (Phi) is 7.69. The number of quaternary nitrogens is 1. The van der Waals surface area contributed by atoms with Crippen LogP contribution >= 0.6 is 0 Å². The molecule has 0 aromatic heterocycles. The Morgan fingerprint density at radius 3 is 2.32 bits per heavy atom. The van der Waals surface area contributed by atoms with Gasteiger partial charge in [0.05, 0.1) is 33.3 Å². The molecule has 2 rings (SSSR count). The second-order valence-electron chi connectivity index (χ2n) is 5.73. The molecule has 1 saturated heterocycles. The van der Waals surface area contributed by atoms with E-state index in [4.69, 9.17) is 9.47 Å². The van der Waals surface area contributed by atoms with Crippen LogP contribution in [-0.2, 0) is 11.3 Å². The van der Waals surface area contributed by atoms with Gasteiger partial charge >= 0.3 is 29.6 Å². The van der Waals surface area contributed by atoms with Crippen LogP contribution in [0.5, 0.6) is 11.5 Å². The van der Waals surface area contributed by atoms with Crippen LogP contribution in [0.1, 0.15) is 24.8 Å². The summed E-state index contributed by atoms with van der Waals surface area (Å²) in [5, 5.41) is 11.1. The van der Waals surface area contributed by atoms with E-state index in [0.717, 1.165) is 31.5 Å². The predicted molar refractivity (Wildman–Crippen MR) is 77.0 cm³/mol. The number of carboxylic acids is 1. The van der Waals surface area contributed by atoms with E-state index in [-0.39, 0.29) is 36.1 Å². The summed E-state index contributed by atoms with van der Waals surface area (Å²) in [5.41, 5.74) is 1.07. The van der Waals surface area contributed by atoms with Crippen LogP contribution in [-0.4, -0.2) is 44.3 Å². The molecule has 0 bridgehead atoms.